The number of nitrogens with two attached hydrogens (primary N) is 1. The lowest BCUT2D eigenvalue weighted by Gasteiger charge is -2.34. The Hall–Kier alpha value is -2.76. The van der Waals surface area contributed by atoms with E-state index in [1.807, 2.05) is 12.1 Å². The fraction of sp³-hybridized carbons (Fsp3) is 0.368. The van der Waals surface area contributed by atoms with Crippen LogP contribution >= 0.6 is 0 Å². The molecule has 0 saturated carbocycles. The Morgan fingerprint density at radius 2 is 1.88 bits per heavy atom. The van der Waals surface area contributed by atoms with Gasteiger partial charge in [-0.25, -0.2) is 9.97 Å². The van der Waals surface area contributed by atoms with Crippen LogP contribution in [0.25, 0.3) is 0 Å². The number of nitrogen functional groups attached to an aromatic ring is 1. The summed E-state index contributed by atoms with van der Waals surface area (Å²) in [6.07, 6.45) is 5.99. The summed E-state index contributed by atoms with van der Waals surface area (Å²) < 4.78 is 10.9. The van der Waals surface area contributed by atoms with Crippen LogP contribution in [0, 0.1) is 0 Å². The average Bonchev–Trinajstić information content (AvgIpc) is 2.66. The number of methoxy groups -OCH3 is 2. The van der Waals surface area contributed by atoms with Gasteiger partial charge in [-0.1, -0.05) is 6.07 Å². The van der Waals surface area contributed by atoms with E-state index in [2.05, 4.69) is 21.4 Å². The van der Waals surface area contributed by atoms with E-state index in [1.165, 1.54) is 30.4 Å². The van der Waals surface area contributed by atoms with Gasteiger partial charge in [-0.3, -0.25) is 0 Å². The molecular formula is C19H22N4O2. The molecule has 1 aromatic heterocycles. The zero-order chi connectivity index (χ0) is 17.4. The van der Waals surface area contributed by atoms with Crippen molar-refractivity contribution in [2.24, 2.45) is 0 Å². The summed E-state index contributed by atoms with van der Waals surface area (Å²) in [4.78, 5) is 8.66. The molecule has 1 aliphatic heterocycles. The van der Waals surface area contributed by atoms with E-state index in [9.17, 15) is 0 Å². The van der Waals surface area contributed by atoms with E-state index in [-0.39, 0.29) is 5.92 Å². The molecule has 1 aliphatic carbocycles. The third-order valence-electron chi connectivity index (χ3n) is 5.07. The molecule has 0 amide bonds. The van der Waals surface area contributed by atoms with Crippen LogP contribution in [0.1, 0.15) is 42.7 Å². The summed E-state index contributed by atoms with van der Waals surface area (Å²) in [5, 5.41) is 3.48. The molecule has 130 valence electrons. The maximum absolute atomic E-state index is 6.25. The summed E-state index contributed by atoms with van der Waals surface area (Å²) in [7, 11) is 3.30. The second-order valence-corrected chi connectivity index (χ2v) is 6.40. The highest BCUT2D eigenvalue weighted by molar-refractivity contribution is 5.69. The Bertz CT molecular complexity index is 847. The van der Waals surface area contributed by atoms with Gasteiger partial charge in [0.1, 0.15) is 18.0 Å². The number of nitrogens with zero attached hydrogens (tertiary/aromatic N) is 2. The van der Waals surface area contributed by atoms with Crippen LogP contribution in [0.2, 0.25) is 0 Å². The maximum atomic E-state index is 6.25. The topological polar surface area (TPSA) is 82.3 Å². The fourth-order valence-electron chi connectivity index (χ4n) is 3.90. The van der Waals surface area contributed by atoms with Crippen molar-refractivity contribution in [1.29, 1.82) is 0 Å². The lowest BCUT2D eigenvalue weighted by Crippen LogP contribution is -2.24. The molecule has 0 fully saturated rings. The molecule has 1 aromatic carbocycles. The summed E-state index contributed by atoms with van der Waals surface area (Å²) in [5.41, 5.74) is 11.0. The predicted molar refractivity (Wildman–Crippen MR) is 97.0 cm³/mol. The molecule has 3 N–H and O–H groups in total. The molecule has 1 atom stereocenters. The summed E-state index contributed by atoms with van der Waals surface area (Å²) in [5.74, 6) is 2.82. The van der Waals surface area contributed by atoms with Gasteiger partial charge in [-0.2, -0.15) is 0 Å². The van der Waals surface area contributed by atoms with Crippen molar-refractivity contribution in [3.8, 4) is 11.5 Å². The molecule has 0 bridgehead atoms. The van der Waals surface area contributed by atoms with E-state index in [0.29, 0.717) is 11.6 Å². The lowest BCUT2D eigenvalue weighted by atomic mass is 9.77. The van der Waals surface area contributed by atoms with Gasteiger partial charge in [0.05, 0.1) is 14.2 Å². The van der Waals surface area contributed by atoms with Crippen molar-refractivity contribution in [3.05, 3.63) is 46.9 Å². The number of fused-ring (bicyclic) bond motifs is 1. The number of nitrogens with one attached hydrogen (secondary N) is 1. The first kappa shape index (κ1) is 15.7. The summed E-state index contributed by atoms with van der Waals surface area (Å²) >= 11 is 0. The van der Waals surface area contributed by atoms with Gasteiger partial charge in [0.15, 0.2) is 11.5 Å². The average molecular weight is 338 g/mol. The van der Waals surface area contributed by atoms with E-state index < -0.39 is 0 Å². The molecule has 6 heteroatoms. The smallest absolute Gasteiger partial charge is 0.161 e. The number of rotatable bonds is 3. The highest BCUT2D eigenvalue weighted by Crippen LogP contribution is 2.48. The van der Waals surface area contributed by atoms with Crippen LogP contribution in [-0.2, 0) is 0 Å². The minimum atomic E-state index is 0.0487. The number of benzene rings is 1. The SMILES string of the molecule is COc1ccc(C2C3=C(CCCC3)Nc3ncnc(N)c32)cc1OC. The monoisotopic (exact) mass is 338 g/mol. The largest absolute Gasteiger partial charge is 0.493 e. The Kier molecular flexibility index (Phi) is 3.95. The van der Waals surface area contributed by atoms with Crippen LogP contribution in [0.3, 0.4) is 0 Å². The minimum absolute atomic E-state index is 0.0487. The Labute approximate surface area is 147 Å². The van der Waals surface area contributed by atoms with Crippen LogP contribution in [0.15, 0.2) is 35.8 Å². The minimum Gasteiger partial charge on any atom is -0.493 e. The van der Waals surface area contributed by atoms with Gasteiger partial charge in [0, 0.05) is 17.2 Å². The lowest BCUT2D eigenvalue weighted by molar-refractivity contribution is 0.354. The molecule has 0 radical (unpaired) electrons. The van der Waals surface area contributed by atoms with Crippen molar-refractivity contribution >= 4 is 11.6 Å². The highest BCUT2D eigenvalue weighted by atomic mass is 16.5. The molecular weight excluding hydrogens is 316 g/mol. The van der Waals surface area contributed by atoms with Crippen molar-refractivity contribution in [2.75, 3.05) is 25.3 Å². The van der Waals surface area contributed by atoms with Gasteiger partial charge in [-0.15, -0.1) is 0 Å². The molecule has 1 unspecified atom stereocenters. The second-order valence-electron chi connectivity index (χ2n) is 6.40. The molecule has 4 rings (SSSR count). The quantitative estimate of drug-likeness (QED) is 0.892. The molecule has 6 nitrogen and oxygen atoms in total. The number of hydrogen-bond acceptors (Lipinski definition) is 6. The summed E-state index contributed by atoms with van der Waals surface area (Å²) in [6, 6.07) is 6.05. The van der Waals surface area contributed by atoms with E-state index in [4.69, 9.17) is 15.2 Å². The number of aromatic nitrogens is 2. The third kappa shape index (κ3) is 2.58. The first-order valence-electron chi connectivity index (χ1n) is 8.54. The number of allylic oxidation sites excluding steroid dienone is 2. The van der Waals surface area contributed by atoms with E-state index in [1.54, 1.807) is 14.2 Å². The number of anilines is 2. The first-order chi connectivity index (χ1) is 12.2. The van der Waals surface area contributed by atoms with Crippen LogP contribution in [0.4, 0.5) is 11.6 Å². The second kappa shape index (κ2) is 6.27. The summed E-state index contributed by atoms with van der Waals surface area (Å²) in [6.45, 7) is 0. The predicted octanol–water partition coefficient (Wildman–Crippen LogP) is 3.46. The van der Waals surface area contributed by atoms with E-state index in [0.717, 1.165) is 35.5 Å². The van der Waals surface area contributed by atoms with Gasteiger partial charge in [0.2, 0.25) is 0 Å². The first-order valence-corrected chi connectivity index (χ1v) is 8.54. The molecule has 2 heterocycles. The molecule has 2 aliphatic rings. The fourth-order valence-corrected chi connectivity index (χ4v) is 3.90. The number of hydrogen-bond donors (Lipinski definition) is 2. The van der Waals surface area contributed by atoms with Gasteiger partial charge < -0.3 is 20.5 Å². The van der Waals surface area contributed by atoms with Crippen molar-refractivity contribution < 1.29 is 9.47 Å². The molecule has 0 saturated heterocycles. The Balaban J connectivity index is 1.91. The standard InChI is InChI=1S/C19H22N4O2/c1-24-14-8-7-11(9-15(14)25-2)16-12-5-3-4-6-13(12)23-19-17(16)18(20)21-10-22-19/h7-10,16H,3-6H2,1-2H3,(H3,20,21,22,23). The Morgan fingerprint density at radius 1 is 1.08 bits per heavy atom. The van der Waals surface area contributed by atoms with Gasteiger partial charge in [0.25, 0.3) is 0 Å². The number of ether oxygens (including phenoxy) is 2. The van der Waals surface area contributed by atoms with E-state index >= 15 is 0 Å². The normalized spacial score (nSPS) is 18.9. The maximum Gasteiger partial charge on any atom is 0.161 e. The third-order valence-corrected chi connectivity index (χ3v) is 5.07. The van der Waals surface area contributed by atoms with Crippen molar-refractivity contribution in [3.63, 3.8) is 0 Å². The van der Waals surface area contributed by atoms with Crippen molar-refractivity contribution in [1.82, 2.24) is 9.97 Å². The van der Waals surface area contributed by atoms with Crippen LogP contribution < -0.4 is 20.5 Å². The molecule has 2 aromatic rings. The van der Waals surface area contributed by atoms with Crippen LogP contribution in [0.5, 0.6) is 11.5 Å². The zero-order valence-corrected chi connectivity index (χ0v) is 14.5. The zero-order valence-electron chi connectivity index (χ0n) is 14.5. The van der Waals surface area contributed by atoms with Crippen LogP contribution in [-0.4, -0.2) is 24.2 Å². The molecule has 25 heavy (non-hydrogen) atoms. The van der Waals surface area contributed by atoms with Gasteiger partial charge in [-0.05, 0) is 49.0 Å². The molecule has 0 spiro atoms. The van der Waals surface area contributed by atoms with Gasteiger partial charge >= 0.3 is 0 Å². The highest BCUT2D eigenvalue weighted by Gasteiger charge is 2.33. The Morgan fingerprint density at radius 3 is 2.68 bits per heavy atom. The van der Waals surface area contributed by atoms with Crippen molar-refractivity contribution in [2.45, 2.75) is 31.6 Å².